The lowest BCUT2D eigenvalue weighted by Gasteiger charge is -2.25. The van der Waals surface area contributed by atoms with E-state index in [0.717, 1.165) is 38.5 Å². The highest BCUT2D eigenvalue weighted by atomic mass is 16.5. The lowest BCUT2D eigenvalue weighted by atomic mass is 10.3. The van der Waals surface area contributed by atoms with Crippen LogP contribution in [0.15, 0.2) is 10.6 Å². The fourth-order valence-electron chi connectivity index (χ4n) is 1.49. The summed E-state index contributed by atoms with van der Waals surface area (Å²) in [6.07, 6.45) is 0. The Morgan fingerprint density at radius 1 is 1.54 bits per heavy atom. The van der Waals surface area contributed by atoms with Crippen molar-refractivity contribution in [1.29, 1.82) is 0 Å². The topological polar surface area (TPSA) is 67.3 Å². The number of hydrogen-bond acceptors (Lipinski definition) is 5. The Kier molecular flexibility index (Phi) is 2.47. The van der Waals surface area contributed by atoms with Crippen molar-refractivity contribution in [2.24, 2.45) is 0 Å². The Hall–Kier alpha value is -1.07. The largest absolute Gasteiger partial charge is 0.381 e. The molecule has 1 aliphatic heterocycles. The zero-order chi connectivity index (χ0) is 9.10. The van der Waals surface area contributed by atoms with E-state index in [4.69, 9.17) is 10.3 Å². The molecule has 1 saturated heterocycles. The van der Waals surface area contributed by atoms with E-state index in [9.17, 15) is 0 Å². The number of nitrogens with two attached hydrogens (primary N) is 1. The van der Waals surface area contributed by atoms with Crippen LogP contribution in [-0.2, 0) is 6.54 Å². The Morgan fingerprint density at radius 3 is 2.92 bits per heavy atom. The molecule has 3 N–H and O–H groups in total. The Morgan fingerprint density at radius 2 is 2.31 bits per heavy atom. The summed E-state index contributed by atoms with van der Waals surface area (Å²) in [6, 6.07) is 1.78. The number of piperazine rings is 1. The van der Waals surface area contributed by atoms with Crippen LogP contribution in [0.25, 0.3) is 0 Å². The molecule has 0 amide bonds. The van der Waals surface area contributed by atoms with Crippen LogP contribution in [0.3, 0.4) is 0 Å². The molecule has 72 valence electrons. The van der Waals surface area contributed by atoms with Crippen molar-refractivity contribution >= 4 is 5.82 Å². The Balaban J connectivity index is 1.89. The maximum Gasteiger partial charge on any atom is 0.167 e. The normalized spacial score (nSPS) is 19.1. The zero-order valence-electron chi connectivity index (χ0n) is 7.49. The van der Waals surface area contributed by atoms with Crippen LogP contribution in [-0.4, -0.2) is 36.2 Å². The molecule has 13 heavy (non-hydrogen) atoms. The summed E-state index contributed by atoms with van der Waals surface area (Å²) in [5.41, 5.74) is 5.45. The summed E-state index contributed by atoms with van der Waals surface area (Å²) < 4.78 is 5.03. The molecule has 0 unspecified atom stereocenters. The number of nitrogens with zero attached hydrogens (tertiary/aromatic N) is 2. The molecule has 0 saturated carbocycles. The van der Waals surface area contributed by atoms with Gasteiger partial charge in [0.25, 0.3) is 0 Å². The highest BCUT2D eigenvalue weighted by molar-refractivity contribution is 5.26. The van der Waals surface area contributed by atoms with Gasteiger partial charge in [0.2, 0.25) is 0 Å². The molecule has 0 bridgehead atoms. The first kappa shape index (κ1) is 8.52. The standard InChI is InChI=1S/C8H14N4O/c9-8-5-7(13-11-8)6-12-3-1-10-2-4-12/h5,10H,1-4,6H2,(H2,9,11). The van der Waals surface area contributed by atoms with Crippen LogP contribution in [0.4, 0.5) is 5.82 Å². The van der Waals surface area contributed by atoms with Gasteiger partial charge in [-0.25, -0.2) is 0 Å². The number of hydrogen-bond donors (Lipinski definition) is 2. The second-order valence-corrected chi connectivity index (χ2v) is 3.24. The summed E-state index contributed by atoms with van der Waals surface area (Å²) in [5.74, 6) is 1.31. The molecule has 1 fully saturated rings. The smallest absolute Gasteiger partial charge is 0.167 e. The van der Waals surface area contributed by atoms with E-state index in [0.29, 0.717) is 5.82 Å². The molecule has 1 aliphatic rings. The molecular formula is C8H14N4O. The number of nitrogen functional groups attached to an aromatic ring is 1. The van der Waals surface area contributed by atoms with E-state index in [2.05, 4.69) is 15.4 Å². The van der Waals surface area contributed by atoms with E-state index in [-0.39, 0.29) is 0 Å². The van der Waals surface area contributed by atoms with E-state index in [1.807, 2.05) is 0 Å². The van der Waals surface area contributed by atoms with Gasteiger partial charge < -0.3 is 15.6 Å². The molecule has 0 radical (unpaired) electrons. The molecule has 0 atom stereocenters. The van der Waals surface area contributed by atoms with Crippen LogP contribution in [0.2, 0.25) is 0 Å². The van der Waals surface area contributed by atoms with E-state index < -0.39 is 0 Å². The average molecular weight is 182 g/mol. The predicted octanol–water partition coefficient (Wildman–Crippen LogP) is -0.338. The monoisotopic (exact) mass is 182 g/mol. The van der Waals surface area contributed by atoms with Crippen molar-refractivity contribution in [3.8, 4) is 0 Å². The fraction of sp³-hybridized carbons (Fsp3) is 0.625. The molecule has 0 aromatic carbocycles. The van der Waals surface area contributed by atoms with Crippen LogP contribution >= 0.6 is 0 Å². The number of aromatic nitrogens is 1. The lowest BCUT2D eigenvalue weighted by molar-refractivity contribution is 0.207. The van der Waals surface area contributed by atoms with Crippen LogP contribution in [0.5, 0.6) is 0 Å². The average Bonchev–Trinajstić information content (AvgIpc) is 2.53. The SMILES string of the molecule is Nc1cc(CN2CCNCC2)on1. The molecule has 1 aromatic rings. The van der Waals surface area contributed by atoms with Gasteiger partial charge in [-0.15, -0.1) is 0 Å². The molecule has 5 nitrogen and oxygen atoms in total. The third-order valence-corrected chi connectivity index (χ3v) is 2.17. The summed E-state index contributed by atoms with van der Waals surface area (Å²) in [7, 11) is 0. The maximum absolute atomic E-state index is 5.45. The minimum absolute atomic E-state index is 0.463. The van der Waals surface area contributed by atoms with E-state index in [1.165, 1.54) is 0 Å². The minimum Gasteiger partial charge on any atom is -0.381 e. The van der Waals surface area contributed by atoms with Crippen molar-refractivity contribution in [2.45, 2.75) is 6.54 Å². The molecule has 1 aromatic heterocycles. The van der Waals surface area contributed by atoms with Gasteiger partial charge in [0.15, 0.2) is 11.6 Å². The second kappa shape index (κ2) is 3.76. The van der Waals surface area contributed by atoms with Crippen molar-refractivity contribution in [3.63, 3.8) is 0 Å². The van der Waals surface area contributed by atoms with Crippen LogP contribution in [0, 0.1) is 0 Å². The van der Waals surface area contributed by atoms with E-state index >= 15 is 0 Å². The van der Waals surface area contributed by atoms with Gasteiger partial charge in [0.05, 0.1) is 6.54 Å². The third-order valence-electron chi connectivity index (χ3n) is 2.17. The maximum atomic E-state index is 5.45. The highest BCUT2D eigenvalue weighted by Gasteiger charge is 2.12. The number of anilines is 1. The summed E-state index contributed by atoms with van der Waals surface area (Å²) >= 11 is 0. The second-order valence-electron chi connectivity index (χ2n) is 3.24. The van der Waals surface area contributed by atoms with E-state index in [1.54, 1.807) is 6.07 Å². The van der Waals surface area contributed by atoms with Gasteiger partial charge in [0.1, 0.15) is 0 Å². The Labute approximate surface area is 76.9 Å². The van der Waals surface area contributed by atoms with Crippen molar-refractivity contribution < 1.29 is 4.52 Å². The highest BCUT2D eigenvalue weighted by Crippen LogP contribution is 2.08. The predicted molar refractivity (Wildman–Crippen MR) is 49.1 cm³/mol. The lowest BCUT2D eigenvalue weighted by Crippen LogP contribution is -2.42. The quantitative estimate of drug-likeness (QED) is 0.655. The minimum atomic E-state index is 0.463. The van der Waals surface area contributed by atoms with Crippen molar-refractivity contribution in [2.75, 3.05) is 31.9 Å². The van der Waals surface area contributed by atoms with Crippen molar-refractivity contribution in [3.05, 3.63) is 11.8 Å². The molecule has 0 aliphatic carbocycles. The summed E-state index contributed by atoms with van der Waals surface area (Å²) in [5, 5.41) is 6.94. The molecule has 2 heterocycles. The van der Waals surface area contributed by atoms with Crippen LogP contribution in [0.1, 0.15) is 5.76 Å². The first-order valence-corrected chi connectivity index (χ1v) is 4.49. The van der Waals surface area contributed by atoms with Gasteiger partial charge in [-0.1, -0.05) is 5.16 Å². The number of nitrogens with one attached hydrogen (secondary N) is 1. The fourth-order valence-corrected chi connectivity index (χ4v) is 1.49. The van der Waals surface area contributed by atoms with Crippen LogP contribution < -0.4 is 11.1 Å². The van der Waals surface area contributed by atoms with Gasteiger partial charge in [-0.3, -0.25) is 4.90 Å². The van der Waals surface area contributed by atoms with Gasteiger partial charge in [0, 0.05) is 32.2 Å². The zero-order valence-corrected chi connectivity index (χ0v) is 7.49. The molecule has 0 spiro atoms. The summed E-state index contributed by atoms with van der Waals surface area (Å²) in [4.78, 5) is 2.32. The summed E-state index contributed by atoms with van der Waals surface area (Å²) in [6.45, 7) is 5.01. The van der Waals surface area contributed by atoms with Gasteiger partial charge >= 0.3 is 0 Å². The molecular weight excluding hydrogens is 168 g/mol. The third kappa shape index (κ3) is 2.19. The van der Waals surface area contributed by atoms with Crippen molar-refractivity contribution in [1.82, 2.24) is 15.4 Å². The first-order chi connectivity index (χ1) is 6.34. The molecule has 5 heteroatoms. The number of rotatable bonds is 2. The van der Waals surface area contributed by atoms with Gasteiger partial charge in [-0.05, 0) is 0 Å². The Bertz CT molecular complexity index is 267. The van der Waals surface area contributed by atoms with Gasteiger partial charge in [-0.2, -0.15) is 0 Å². The first-order valence-electron chi connectivity index (χ1n) is 4.49. The molecule has 2 rings (SSSR count).